The van der Waals surface area contributed by atoms with Gasteiger partial charge < -0.3 is 5.73 Å². The van der Waals surface area contributed by atoms with Crippen molar-refractivity contribution in [2.24, 2.45) is 4.99 Å². The number of hydrogen-bond donors (Lipinski definition) is 0. The standard InChI is InChI=1S/C27H29N2.Li/c1-6-9-23(17-29-27-20(4)12-8-13-21(27)5)22-14-15-25(28)24(16-22)26-18(2)10-7-11-19(26)3;/h7-17,28H,6H2,1-5H3;/q-1;+1/b23-9+,29-17?;. The summed E-state index contributed by atoms with van der Waals surface area (Å²) in [6.45, 7) is 10.5. The van der Waals surface area contributed by atoms with Crippen LogP contribution in [-0.2, 0) is 0 Å². The summed E-state index contributed by atoms with van der Waals surface area (Å²) in [5.41, 5.74) is 19.1. The molecule has 0 amide bonds. The van der Waals surface area contributed by atoms with Gasteiger partial charge in [-0.05, 0) is 84.7 Å². The molecule has 3 heteroatoms. The van der Waals surface area contributed by atoms with Crippen molar-refractivity contribution in [3.63, 3.8) is 0 Å². The second kappa shape index (κ2) is 10.5. The van der Waals surface area contributed by atoms with Gasteiger partial charge >= 0.3 is 18.9 Å². The average molecular weight is 388 g/mol. The van der Waals surface area contributed by atoms with Gasteiger partial charge in [0, 0.05) is 6.21 Å². The minimum Gasteiger partial charge on any atom is -0.698 e. The van der Waals surface area contributed by atoms with Crippen LogP contribution in [0.3, 0.4) is 0 Å². The summed E-state index contributed by atoms with van der Waals surface area (Å²) in [7, 11) is 0. The molecule has 0 unspecified atom stereocenters. The van der Waals surface area contributed by atoms with Gasteiger partial charge in [-0.15, -0.1) is 5.69 Å². The van der Waals surface area contributed by atoms with E-state index in [0.29, 0.717) is 5.69 Å². The molecule has 0 saturated heterocycles. The molecule has 0 aromatic heterocycles. The summed E-state index contributed by atoms with van der Waals surface area (Å²) in [5, 5.41) is 0. The molecule has 30 heavy (non-hydrogen) atoms. The molecule has 148 valence electrons. The van der Waals surface area contributed by atoms with Crippen molar-refractivity contribution in [3.8, 4) is 11.1 Å². The van der Waals surface area contributed by atoms with Crippen molar-refractivity contribution in [1.29, 1.82) is 0 Å². The van der Waals surface area contributed by atoms with Gasteiger partial charge in [0.2, 0.25) is 0 Å². The Kier molecular flexibility index (Phi) is 8.30. The Morgan fingerprint density at radius 3 is 2.00 bits per heavy atom. The molecule has 3 rings (SSSR count). The van der Waals surface area contributed by atoms with Crippen molar-refractivity contribution in [3.05, 3.63) is 94.2 Å². The number of hydrogen-bond acceptors (Lipinski definition) is 1. The van der Waals surface area contributed by atoms with Gasteiger partial charge in [-0.3, -0.25) is 4.99 Å². The molecule has 0 fully saturated rings. The van der Waals surface area contributed by atoms with Gasteiger partial charge in [0.05, 0.1) is 5.69 Å². The van der Waals surface area contributed by atoms with Crippen molar-refractivity contribution in [2.45, 2.75) is 41.0 Å². The van der Waals surface area contributed by atoms with Gasteiger partial charge in [-0.2, -0.15) is 0 Å². The summed E-state index contributed by atoms with van der Waals surface area (Å²) in [6, 6.07) is 18.6. The number of nitrogens with zero attached hydrogens (tertiary/aromatic N) is 1. The summed E-state index contributed by atoms with van der Waals surface area (Å²) < 4.78 is 0. The molecule has 1 N–H and O–H groups in total. The minimum absolute atomic E-state index is 0. The van der Waals surface area contributed by atoms with Crippen LogP contribution in [0.15, 0.2) is 65.7 Å². The first kappa shape index (κ1) is 23.7. The van der Waals surface area contributed by atoms with E-state index in [4.69, 9.17) is 10.7 Å². The maximum Gasteiger partial charge on any atom is 1.00 e. The van der Waals surface area contributed by atoms with Crippen LogP contribution in [0.2, 0.25) is 0 Å². The fourth-order valence-electron chi connectivity index (χ4n) is 3.78. The van der Waals surface area contributed by atoms with Crippen molar-refractivity contribution in [1.82, 2.24) is 0 Å². The van der Waals surface area contributed by atoms with Crippen LogP contribution < -0.4 is 18.9 Å². The normalized spacial score (nSPS) is 11.6. The Morgan fingerprint density at radius 2 is 1.43 bits per heavy atom. The van der Waals surface area contributed by atoms with E-state index in [1.165, 1.54) is 22.3 Å². The third-order valence-corrected chi connectivity index (χ3v) is 5.30. The number of aryl methyl sites for hydroxylation is 4. The first-order valence-corrected chi connectivity index (χ1v) is 10.2. The van der Waals surface area contributed by atoms with E-state index < -0.39 is 0 Å². The molecule has 0 aliphatic rings. The zero-order valence-electron chi connectivity index (χ0n) is 19.0. The van der Waals surface area contributed by atoms with Gasteiger partial charge in [-0.1, -0.05) is 61.5 Å². The maximum absolute atomic E-state index is 8.48. The molecule has 0 spiro atoms. The predicted molar refractivity (Wildman–Crippen MR) is 128 cm³/mol. The average Bonchev–Trinajstić information content (AvgIpc) is 2.68. The van der Waals surface area contributed by atoms with Crippen LogP contribution in [0.1, 0.15) is 41.2 Å². The first-order chi connectivity index (χ1) is 13.9. The monoisotopic (exact) mass is 388 g/mol. The summed E-state index contributed by atoms with van der Waals surface area (Å²) in [6.07, 6.45) is 5.09. The second-order valence-electron chi connectivity index (χ2n) is 7.59. The van der Waals surface area contributed by atoms with E-state index in [-0.39, 0.29) is 18.9 Å². The fraction of sp³-hybridized carbons (Fsp3) is 0.222. The van der Waals surface area contributed by atoms with Crippen molar-refractivity contribution >= 4 is 23.2 Å². The van der Waals surface area contributed by atoms with E-state index in [0.717, 1.165) is 34.4 Å². The van der Waals surface area contributed by atoms with Crippen LogP contribution in [0, 0.1) is 27.7 Å². The smallest absolute Gasteiger partial charge is 0.698 e. The molecular formula is C27H29LiN2. The van der Waals surface area contributed by atoms with Crippen LogP contribution in [-0.4, -0.2) is 6.21 Å². The number of para-hydroxylation sites is 1. The Balaban J connectivity index is 0.00000320. The Hall–Kier alpha value is -2.53. The Bertz CT molecular complexity index is 1050. The van der Waals surface area contributed by atoms with E-state index in [2.05, 4.69) is 83.2 Å². The molecule has 0 bridgehead atoms. The molecule has 0 atom stereocenters. The third-order valence-electron chi connectivity index (χ3n) is 5.30. The van der Waals surface area contributed by atoms with Gasteiger partial charge in [0.25, 0.3) is 0 Å². The van der Waals surface area contributed by atoms with Gasteiger partial charge in [0.15, 0.2) is 0 Å². The number of rotatable bonds is 5. The third kappa shape index (κ3) is 5.14. The number of allylic oxidation sites excluding steroid dienone is 2. The van der Waals surface area contributed by atoms with E-state index >= 15 is 0 Å². The van der Waals surface area contributed by atoms with Crippen LogP contribution in [0.25, 0.3) is 22.4 Å². The molecule has 3 aromatic carbocycles. The van der Waals surface area contributed by atoms with Crippen LogP contribution in [0.4, 0.5) is 11.4 Å². The zero-order chi connectivity index (χ0) is 21.0. The van der Waals surface area contributed by atoms with E-state index in [9.17, 15) is 0 Å². The molecule has 2 nitrogen and oxygen atoms in total. The maximum atomic E-state index is 8.48. The molecule has 0 radical (unpaired) electrons. The van der Waals surface area contributed by atoms with Gasteiger partial charge in [-0.25, -0.2) is 0 Å². The van der Waals surface area contributed by atoms with E-state index in [1.54, 1.807) is 0 Å². The number of benzene rings is 3. The van der Waals surface area contributed by atoms with Gasteiger partial charge in [0.1, 0.15) is 0 Å². The minimum atomic E-state index is 0. The summed E-state index contributed by atoms with van der Waals surface area (Å²) in [4.78, 5) is 4.82. The molecule has 0 aliphatic carbocycles. The van der Waals surface area contributed by atoms with Crippen LogP contribution in [0.5, 0.6) is 0 Å². The largest absolute Gasteiger partial charge is 1.00 e. The molecular weight excluding hydrogens is 359 g/mol. The predicted octanol–water partition coefficient (Wildman–Crippen LogP) is 5.47. The molecule has 3 aromatic rings. The Labute approximate surface area is 193 Å². The zero-order valence-corrected chi connectivity index (χ0v) is 19.0. The molecule has 0 heterocycles. The van der Waals surface area contributed by atoms with E-state index in [1.807, 2.05) is 18.3 Å². The quantitative estimate of drug-likeness (QED) is 0.410. The van der Waals surface area contributed by atoms with Crippen molar-refractivity contribution < 1.29 is 18.9 Å². The molecule has 0 aliphatic heterocycles. The van der Waals surface area contributed by atoms with Crippen molar-refractivity contribution in [2.75, 3.05) is 0 Å². The number of aliphatic imine (C=N–C) groups is 1. The SMILES string of the molecule is CC/C=C(\C=Nc1c(C)cccc1C)c1ccc([NH-])c(-c2c(C)cccc2C)c1.[Li+]. The first-order valence-electron chi connectivity index (χ1n) is 10.2. The Morgan fingerprint density at radius 1 is 0.867 bits per heavy atom. The number of nitrogens with one attached hydrogen (secondary N) is 1. The summed E-state index contributed by atoms with van der Waals surface area (Å²) in [5.74, 6) is 0. The second-order valence-corrected chi connectivity index (χ2v) is 7.59. The molecule has 0 saturated carbocycles. The van der Waals surface area contributed by atoms with Crippen LogP contribution >= 0.6 is 0 Å². The topological polar surface area (TPSA) is 36.2 Å². The fourth-order valence-corrected chi connectivity index (χ4v) is 3.78. The summed E-state index contributed by atoms with van der Waals surface area (Å²) >= 11 is 0.